The number of ether oxygens (including phenoxy) is 1. The van der Waals surface area contributed by atoms with Gasteiger partial charge in [0.15, 0.2) is 5.69 Å². The summed E-state index contributed by atoms with van der Waals surface area (Å²) >= 11 is 0. The summed E-state index contributed by atoms with van der Waals surface area (Å²) in [5, 5.41) is 0. The Morgan fingerprint density at radius 2 is 2.36 bits per heavy atom. The molecule has 0 aliphatic heterocycles. The molecule has 0 saturated heterocycles. The molecular formula is C10H10N2O2. The molecule has 2 heterocycles. The molecular weight excluding hydrogens is 180 g/mol. The molecule has 0 amide bonds. The number of hydrogen-bond donors (Lipinski definition) is 0. The third kappa shape index (κ3) is 1.25. The maximum atomic E-state index is 11.3. The zero-order valence-electron chi connectivity index (χ0n) is 8.02. The van der Waals surface area contributed by atoms with Crippen LogP contribution in [-0.2, 0) is 4.74 Å². The average molecular weight is 190 g/mol. The standard InChI is InChI=1S/C10H10N2O2/c1-7-3-4-12-6-11-9(8(12)5-7)10(13)14-2/h3-6H,1-2H3. The van der Waals surface area contributed by atoms with E-state index in [-0.39, 0.29) is 0 Å². The van der Waals surface area contributed by atoms with Gasteiger partial charge >= 0.3 is 5.97 Å². The van der Waals surface area contributed by atoms with Crippen LogP contribution >= 0.6 is 0 Å². The molecule has 0 fully saturated rings. The Bertz CT molecular complexity index is 488. The Morgan fingerprint density at radius 1 is 1.57 bits per heavy atom. The van der Waals surface area contributed by atoms with Gasteiger partial charge in [0.2, 0.25) is 0 Å². The van der Waals surface area contributed by atoms with Gasteiger partial charge in [-0.15, -0.1) is 0 Å². The van der Waals surface area contributed by atoms with Gasteiger partial charge in [-0.1, -0.05) is 0 Å². The molecule has 0 unspecified atom stereocenters. The average Bonchev–Trinajstić information content (AvgIpc) is 2.59. The van der Waals surface area contributed by atoms with E-state index in [9.17, 15) is 4.79 Å². The van der Waals surface area contributed by atoms with E-state index in [1.54, 1.807) is 10.7 Å². The number of aromatic nitrogens is 2. The summed E-state index contributed by atoms with van der Waals surface area (Å²) < 4.78 is 6.42. The first-order chi connectivity index (χ1) is 6.72. The molecule has 0 bridgehead atoms. The summed E-state index contributed by atoms with van der Waals surface area (Å²) in [7, 11) is 1.35. The van der Waals surface area contributed by atoms with Crippen molar-refractivity contribution in [2.75, 3.05) is 7.11 Å². The first-order valence-electron chi connectivity index (χ1n) is 4.24. The molecule has 72 valence electrons. The molecule has 0 saturated carbocycles. The molecule has 0 aliphatic rings. The van der Waals surface area contributed by atoms with Crippen molar-refractivity contribution in [3.63, 3.8) is 0 Å². The zero-order chi connectivity index (χ0) is 10.1. The molecule has 0 N–H and O–H groups in total. The third-order valence-corrected chi connectivity index (χ3v) is 2.07. The number of pyridine rings is 1. The van der Waals surface area contributed by atoms with E-state index in [0.29, 0.717) is 5.69 Å². The predicted octanol–water partition coefficient (Wildman–Crippen LogP) is 1.43. The van der Waals surface area contributed by atoms with Crippen molar-refractivity contribution < 1.29 is 9.53 Å². The van der Waals surface area contributed by atoms with Crippen LogP contribution in [0.3, 0.4) is 0 Å². The number of methoxy groups -OCH3 is 1. The maximum Gasteiger partial charge on any atom is 0.358 e. The van der Waals surface area contributed by atoms with Crippen molar-refractivity contribution in [3.8, 4) is 0 Å². The summed E-state index contributed by atoms with van der Waals surface area (Å²) in [5.74, 6) is -0.405. The zero-order valence-corrected chi connectivity index (χ0v) is 8.02. The molecule has 0 aromatic carbocycles. The number of nitrogens with zero attached hydrogens (tertiary/aromatic N) is 2. The minimum absolute atomic E-state index is 0.358. The predicted molar refractivity (Wildman–Crippen MR) is 51.3 cm³/mol. The topological polar surface area (TPSA) is 43.6 Å². The molecule has 0 atom stereocenters. The van der Waals surface area contributed by atoms with Gasteiger partial charge in [-0.2, -0.15) is 0 Å². The number of aryl methyl sites for hydroxylation is 1. The Labute approximate surface area is 81.1 Å². The van der Waals surface area contributed by atoms with E-state index in [4.69, 9.17) is 0 Å². The van der Waals surface area contributed by atoms with Gasteiger partial charge in [0.05, 0.1) is 12.6 Å². The second kappa shape index (κ2) is 3.14. The first-order valence-corrected chi connectivity index (χ1v) is 4.24. The molecule has 0 spiro atoms. The lowest BCUT2D eigenvalue weighted by Crippen LogP contribution is -2.02. The van der Waals surface area contributed by atoms with Crippen molar-refractivity contribution >= 4 is 11.5 Å². The van der Waals surface area contributed by atoms with Crippen LogP contribution in [0, 0.1) is 6.92 Å². The number of esters is 1. The normalized spacial score (nSPS) is 10.4. The summed E-state index contributed by atoms with van der Waals surface area (Å²) in [6.45, 7) is 1.97. The van der Waals surface area contributed by atoms with E-state index in [0.717, 1.165) is 11.1 Å². The van der Waals surface area contributed by atoms with E-state index >= 15 is 0 Å². The van der Waals surface area contributed by atoms with Crippen LogP contribution < -0.4 is 0 Å². The molecule has 2 aromatic heterocycles. The van der Waals surface area contributed by atoms with Gasteiger partial charge in [-0.05, 0) is 24.6 Å². The quantitative estimate of drug-likeness (QED) is 0.639. The van der Waals surface area contributed by atoms with Gasteiger partial charge in [0.25, 0.3) is 0 Å². The molecule has 0 aliphatic carbocycles. The number of rotatable bonds is 1. The van der Waals surface area contributed by atoms with Crippen LogP contribution in [0.2, 0.25) is 0 Å². The lowest BCUT2D eigenvalue weighted by Gasteiger charge is -1.97. The summed E-state index contributed by atoms with van der Waals surface area (Å²) in [5.41, 5.74) is 2.22. The number of fused-ring (bicyclic) bond motifs is 1. The number of hydrogen-bond acceptors (Lipinski definition) is 3. The van der Waals surface area contributed by atoms with Crippen LogP contribution in [0.25, 0.3) is 5.52 Å². The molecule has 2 aromatic rings. The van der Waals surface area contributed by atoms with E-state index < -0.39 is 5.97 Å². The highest BCUT2D eigenvalue weighted by molar-refractivity contribution is 5.94. The van der Waals surface area contributed by atoms with Crippen molar-refractivity contribution in [1.29, 1.82) is 0 Å². The van der Waals surface area contributed by atoms with Gasteiger partial charge in [0.1, 0.15) is 6.33 Å². The van der Waals surface area contributed by atoms with Gasteiger partial charge in [0, 0.05) is 6.20 Å². The Kier molecular flexibility index (Phi) is 1.96. The second-order valence-electron chi connectivity index (χ2n) is 3.08. The van der Waals surface area contributed by atoms with Crippen molar-refractivity contribution in [3.05, 3.63) is 35.9 Å². The Hall–Kier alpha value is -1.84. The molecule has 4 nitrogen and oxygen atoms in total. The fourth-order valence-electron chi connectivity index (χ4n) is 1.35. The highest BCUT2D eigenvalue weighted by atomic mass is 16.5. The molecule has 14 heavy (non-hydrogen) atoms. The van der Waals surface area contributed by atoms with Crippen molar-refractivity contribution in [2.24, 2.45) is 0 Å². The van der Waals surface area contributed by atoms with Gasteiger partial charge < -0.3 is 9.14 Å². The van der Waals surface area contributed by atoms with Gasteiger partial charge in [-0.25, -0.2) is 9.78 Å². The molecule has 2 rings (SSSR count). The fraction of sp³-hybridized carbons (Fsp3) is 0.200. The monoisotopic (exact) mass is 190 g/mol. The van der Waals surface area contributed by atoms with Crippen molar-refractivity contribution in [2.45, 2.75) is 6.92 Å². The number of imidazole rings is 1. The highest BCUT2D eigenvalue weighted by Crippen LogP contribution is 2.12. The third-order valence-electron chi connectivity index (χ3n) is 2.07. The first kappa shape index (κ1) is 8.74. The second-order valence-corrected chi connectivity index (χ2v) is 3.08. The van der Waals surface area contributed by atoms with Crippen LogP contribution in [0.15, 0.2) is 24.7 Å². The van der Waals surface area contributed by atoms with Crippen molar-refractivity contribution in [1.82, 2.24) is 9.38 Å². The molecule has 4 heteroatoms. The van der Waals surface area contributed by atoms with Crippen LogP contribution in [0.5, 0.6) is 0 Å². The van der Waals surface area contributed by atoms with Gasteiger partial charge in [-0.3, -0.25) is 0 Å². The largest absolute Gasteiger partial charge is 0.464 e. The van der Waals surface area contributed by atoms with Crippen LogP contribution in [0.4, 0.5) is 0 Å². The SMILES string of the molecule is COC(=O)c1ncn2ccc(C)cc12. The highest BCUT2D eigenvalue weighted by Gasteiger charge is 2.12. The van der Waals surface area contributed by atoms with E-state index in [1.165, 1.54) is 7.11 Å². The minimum Gasteiger partial charge on any atom is -0.464 e. The Morgan fingerprint density at radius 3 is 3.07 bits per heavy atom. The Balaban J connectivity index is 2.67. The maximum absolute atomic E-state index is 11.3. The van der Waals surface area contributed by atoms with Crippen LogP contribution in [-0.4, -0.2) is 22.5 Å². The summed E-state index contributed by atoms with van der Waals surface area (Å²) in [6.07, 6.45) is 3.46. The van der Waals surface area contributed by atoms with E-state index in [1.807, 2.05) is 25.3 Å². The molecule has 0 radical (unpaired) electrons. The smallest absolute Gasteiger partial charge is 0.358 e. The van der Waals surface area contributed by atoms with E-state index in [2.05, 4.69) is 9.72 Å². The summed E-state index contributed by atoms with van der Waals surface area (Å²) in [6, 6.07) is 3.86. The minimum atomic E-state index is -0.405. The number of carbonyl (C=O) groups excluding carboxylic acids is 1. The lowest BCUT2D eigenvalue weighted by molar-refractivity contribution is 0.0597. The lowest BCUT2D eigenvalue weighted by atomic mass is 10.2. The fourth-order valence-corrected chi connectivity index (χ4v) is 1.35. The van der Waals surface area contributed by atoms with Crippen LogP contribution in [0.1, 0.15) is 16.1 Å². The summed E-state index contributed by atoms with van der Waals surface area (Å²) in [4.78, 5) is 15.3. The number of carbonyl (C=O) groups is 1.